The van der Waals surface area contributed by atoms with Gasteiger partial charge >= 0.3 is 6.09 Å². The molecule has 0 saturated heterocycles. The van der Waals surface area contributed by atoms with Crippen molar-refractivity contribution in [2.75, 3.05) is 20.8 Å². The van der Waals surface area contributed by atoms with Gasteiger partial charge in [0, 0.05) is 43.4 Å². The Balaban J connectivity index is 2.67. The lowest BCUT2D eigenvalue weighted by Gasteiger charge is -2.30. The molecule has 43 heavy (non-hydrogen) atoms. The number of Topliss-reactive ketones (excluding diaryl/α,β-unsaturated/α-hetero) is 2. The number of ether oxygens (including phenoxy) is 3. The lowest BCUT2D eigenvalue weighted by molar-refractivity contribution is -0.120. The highest BCUT2D eigenvalue weighted by Crippen LogP contribution is 2.30. The van der Waals surface area contributed by atoms with Crippen LogP contribution in [0.15, 0.2) is 70.6 Å². The molecule has 5 N–H and O–H groups in total. The maximum atomic E-state index is 13.8. The summed E-state index contributed by atoms with van der Waals surface area (Å²) in [4.78, 5) is 52.0. The summed E-state index contributed by atoms with van der Waals surface area (Å²) in [7, 11) is 2.92. The highest BCUT2D eigenvalue weighted by Gasteiger charge is 2.35. The van der Waals surface area contributed by atoms with E-state index >= 15 is 0 Å². The molecular formula is C32H45N3O8. The molecule has 0 aromatic carbocycles. The lowest BCUT2D eigenvalue weighted by Crippen LogP contribution is -2.39. The van der Waals surface area contributed by atoms with Gasteiger partial charge < -0.3 is 35.7 Å². The highest BCUT2D eigenvalue weighted by atomic mass is 16.6. The van der Waals surface area contributed by atoms with Gasteiger partial charge in [-0.1, -0.05) is 44.2 Å². The van der Waals surface area contributed by atoms with Crippen molar-refractivity contribution >= 4 is 23.6 Å². The van der Waals surface area contributed by atoms with Crippen LogP contribution in [0.25, 0.3) is 0 Å². The molecule has 2 amide bonds. The van der Waals surface area contributed by atoms with E-state index in [9.17, 15) is 24.3 Å². The molecule has 2 aliphatic rings. The number of fused-ring (bicyclic) bond motifs is 2. The van der Waals surface area contributed by atoms with Crippen molar-refractivity contribution in [1.82, 2.24) is 10.6 Å². The second-order valence-electron chi connectivity index (χ2n) is 11.0. The van der Waals surface area contributed by atoms with Gasteiger partial charge in [-0.05, 0) is 45.1 Å². The Morgan fingerprint density at radius 3 is 2.42 bits per heavy atom. The Morgan fingerprint density at radius 2 is 1.84 bits per heavy atom. The van der Waals surface area contributed by atoms with Crippen molar-refractivity contribution < 1.29 is 38.5 Å². The maximum Gasteiger partial charge on any atom is 0.405 e. The molecule has 11 heteroatoms. The number of rotatable bonds is 6. The van der Waals surface area contributed by atoms with Gasteiger partial charge in [-0.2, -0.15) is 0 Å². The first-order chi connectivity index (χ1) is 20.3. The summed E-state index contributed by atoms with van der Waals surface area (Å²) in [5.74, 6) is -2.08. The van der Waals surface area contributed by atoms with Gasteiger partial charge in [-0.15, -0.1) is 6.58 Å². The number of aliphatic hydroxyl groups excluding tert-OH is 1. The molecule has 6 atom stereocenters. The summed E-state index contributed by atoms with van der Waals surface area (Å²) >= 11 is 0. The van der Waals surface area contributed by atoms with Crippen molar-refractivity contribution in [3.05, 3.63) is 70.6 Å². The van der Waals surface area contributed by atoms with E-state index in [2.05, 4.69) is 17.2 Å². The number of carbonyl (C=O) groups excluding carboxylic acids is 4. The summed E-state index contributed by atoms with van der Waals surface area (Å²) in [6, 6.07) is 0. The van der Waals surface area contributed by atoms with Crippen molar-refractivity contribution in [1.29, 1.82) is 0 Å². The number of carbonyl (C=O) groups is 4. The molecule has 1 aliphatic carbocycles. The minimum Gasteiger partial charge on any atom is -0.439 e. The average Bonchev–Trinajstić information content (AvgIpc) is 2.96. The van der Waals surface area contributed by atoms with Gasteiger partial charge in [0.2, 0.25) is 11.6 Å². The summed E-state index contributed by atoms with van der Waals surface area (Å²) in [5.41, 5.74) is 6.62. The van der Waals surface area contributed by atoms with Gasteiger partial charge in [0.1, 0.15) is 6.10 Å². The standard InChI is InChI=1S/C32H45N3O8/c1-9-13-34-26-22-14-17(2)15-24(42-8)27(36)19(4)16-20(5)30(43-32(33)40)23(41-7)12-10-11-18(3)31(39)35-25(29(22)38)21(6)28(26)37/h9-12,16-17,19,23-24,27,30,34,36H,1,13-15H2,2-8H3,(H2,33,40)(H,35,39)/b12-10+,18-11?,20-16?. The van der Waals surface area contributed by atoms with Crippen LogP contribution in [0.2, 0.25) is 0 Å². The number of hydrogen-bond donors (Lipinski definition) is 4. The van der Waals surface area contributed by atoms with Crippen LogP contribution in [0.3, 0.4) is 0 Å². The Bertz CT molecular complexity index is 1260. The normalized spacial score (nSPS) is 29.0. The van der Waals surface area contributed by atoms with E-state index in [-0.39, 0.29) is 47.0 Å². The fourth-order valence-corrected chi connectivity index (χ4v) is 5.17. The molecule has 0 aromatic heterocycles. The van der Waals surface area contributed by atoms with Crippen LogP contribution in [0.1, 0.15) is 47.5 Å². The van der Waals surface area contributed by atoms with Crippen molar-refractivity contribution in [3.8, 4) is 0 Å². The molecule has 0 saturated carbocycles. The molecule has 0 fully saturated rings. The molecule has 2 rings (SSSR count). The van der Waals surface area contributed by atoms with Crippen LogP contribution in [0.5, 0.6) is 0 Å². The summed E-state index contributed by atoms with van der Waals surface area (Å²) in [6.07, 6.45) is 4.25. The number of hydrogen-bond acceptors (Lipinski definition) is 9. The molecule has 236 valence electrons. The fraction of sp³-hybridized carbons (Fsp3) is 0.500. The molecular weight excluding hydrogens is 554 g/mol. The average molecular weight is 600 g/mol. The van der Waals surface area contributed by atoms with Crippen LogP contribution in [-0.4, -0.2) is 73.9 Å². The zero-order chi connectivity index (χ0) is 32.4. The number of nitrogens with one attached hydrogen (secondary N) is 2. The zero-order valence-electron chi connectivity index (χ0n) is 26.1. The monoisotopic (exact) mass is 599 g/mol. The van der Waals surface area contributed by atoms with Gasteiger partial charge in [-0.25, -0.2) is 4.79 Å². The van der Waals surface area contributed by atoms with Crippen molar-refractivity contribution in [2.45, 2.75) is 71.9 Å². The maximum absolute atomic E-state index is 13.8. The fourth-order valence-electron chi connectivity index (χ4n) is 5.17. The van der Waals surface area contributed by atoms with E-state index < -0.39 is 53.9 Å². The third kappa shape index (κ3) is 9.09. The minimum absolute atomic E-state index is 0.0857. The quantitative estimate of drug-likeness (QED) is 0.265. The van der Waals surface area contributed by atoms with Gasteiger partial charge in [0.25, 0.3) is 5.91 Å². The molecule has 2 bridgehead atoms. The largest absolute Gasteiger partial charge is 0.439 e. The third-order valence-electron chi connectivity index (χ3n) is 7.61. The van der Waals surface area contributed by atoms with Crippen LogP contribution in [0, 0.1) is 11.8 Å². The number of aliphatic hydroxyl groups is 1. The van der Waals surface area contributed by atoms with Crippen LogP contribution >= 0.6 is 0 Å². The number of ketones is 2. The number of amides is 2. The molecule has 6 unspecified atom stereocenters. The van der Waals surface area contributed by atoms with Crippen molar-refractivity contribution in [3.63, 3.8) is 0 Å². The first-order valence-corrected chi connectivity index (χ1v) is 14.2. The third-order valence-corrected chi connectivity index (χ3v) is 7.61. The van der Waals surface area contributed by atoms with Crippen LogP contribution < -0.4 is 16.4 Å². The summed E-state index contributed by atoms with van der Waals surface area (Å²) in [6.45, 7) is 12.4. The summed E-state index contributed by atoms with van der Waals surface area (Å²) in [5, 5.41) is 16.9. The van der Waals surface area contributed by atoms with E-state index in [1.807, 2.05) is 6.92 Å². The highest BCUT2D eigenvalue weighted by molar-refractivity contribution is 6.25. The van der Waals surface area contributed by atoms with E-state index in [1.165, 1.54) is 27.2 Å². The van der Waals surface area contributed by atoms with E-state index in [0.29, 0.717) is 12.0 Å². The number of methoxy groups -OCH3 is 2. The topological polar surface area (TPSA) is 166 Å². The van der Waals surface area contributed by atoms with Gasteiger partial charge in [0.15, 0.2) is 6.10 Å². The molecule has 0 spiro atoms. The molecule has 1 heterocycles. The zero-order valence-corrected chi connectivity index (χ0v) is 26.1. The van der Waals surface area contributed by atoms with Crippen molar-refractivity contribution in [2.24, 2.45) is 17.6 Å². The molecule has 0 aromatic rings. The Labute approximate surface area is 253 Å². The molecule has 1 aliphatic heterocycles. The Morgan fingerprint density at radius 1 is 1.16 bits per heavy atom. The van der Waals surface area contributed by atoms with Crippen LogP contribution in [-0.2, 0) is 28.6 Å². The predicted molar refractivity (Wildman–Crippen MR) is 162 cm³/mol. The Hall–Kier alpha value is -3.80. The smallest absolute Gasteiger partial charge is 0.405 e. The Kier molecular flexibility index (Phi) is 13.3. The van der Waals surface area contributed by atoms with E-state index in [0.717, 1.165) is 0 Å². The number of allylic oxidation sites excluding steroid dienone is 4. The molecule has 11 nitrogen and oxygen atoms in total. The first kappa shape index (κ1) is 35.4. The number of primary amides is 1. The lowest BCUT2D eigenvalue weighted by atomic mass is 9.83. The van der Waals surface area contributed by atoms with Crippen LogP contribution in [0.4, 0.5) is 4.79 Å². The SMILES string of the molecule is C=CCNC1=C2CC(C)CC(OC)C(O)C(C)C=C(C)C(OC(N)=O)C(OC)/C=C/C=C(C)C(=O)NC(=C(C)C1=O)C2=O. The van der Waals surface area contributed by atoms with Gasteiger partial charge in [-0.3, -0.25) is 14.4 Å². The number of nitrogens with two attached hydrogens (primary N) is 1. The summed E-state index contributed by atoms with van der Waals surface area (Å²) < 4.78 is 16.6. The second-order valence-corrected chi connectivity index (χ2v) is 11.0. The minimum atomic E-state index is -1.00. The van der Waals surface area contributed by atoms with E-state index in [4.69, 9.17) is 19.9 Å². The molecule has 0 radical (unpaired) electrons. The second kappa shape index (κ2) is 16.2. The van der Waals surface area contributed by atoms with Gasteiger partial charge in [0.05, 0.1) is 23.6 Å². The first-order valence-electron chi connectivity index (χ1n) is 14.2. The predicted octanol–water partition coefficient (Wildman–Crippen LogP) is 2.93. The van der Waals surface area contributed by atoms with E-state index in [1.54, 1.807) is 45.1 Å².